The van der Waals surface area contributed by atoms with Crippen LogP contribution in [0.15, 0.2) is 85.2 Å². The van der Waals surface area contributed by atoms with E-state index >= 15 is 0 Å². The van der Waals surface area contributed by atoms with Crippen molar-refractivity contribution in [2.75, 3.05) is 32.8 Å². The number of hydrogen-bond acceptors (Lipinski definition) is 19. The molecule has 576 valence electrons. The van der Waals surface area contributed by atoms with Crippen LogP contribution in [0.3, 0.4) is 0 Å². The number of primary amides is 1. The van der Waals surface area contributed by atoms with E-state index in [1.165, 1.54) is 38.1 Å². The maximum absolute atomic E-state index is 14.8. The van der Waals surface area contributed by atoms with Gasteiger partial charge in [0.1, 0.15) is 66.2 Å². The van der Waals surface area contributed by atoms with Crippen molar-refractivity contribution >= 4 is 105 Å². The van der Waals surface area contributed by atoms with Gasteiger partial charge in [0.2, 0.25) is 76.8 Å². The first-order chi connectivity index (χ1) is 50.6. The van der Waals surface area contributed by atoms with E-state index in [2.05, 4.69) is 73.8 Å². The predicted octanol–water partition coefficient (Wildman–Crippen LogP) is -2.35. The van der Waals surface area contributed by atoms with Crippen LogP contribution in [0, 0.1) is 11.8 Å². The highest BCUT2D eigenvalue weighted by Crippen LogP contribution is 2.23. The van der Waals surface area contributed by atoms with Gasteiger partial charge in [-0.1, -0.05) is 89.1 Å². The van der Waals surface area contributed by atoms with Crippen LogP contribution in [-0.2, 0) is 91.1 Å². The number of phenols is 1. The molecule has 1 fully saturated rings. The second-order valence-corrected chi connectivity index (χ2v) is 26.5. The summed E-state index contributed by atoms with van der Waals surface area (Å²) >= 11 is 0. The fraction of sp³-hybridized carbons (Fsp3) is 0.500. The number of carbonyl (C=O) groups is 14. The van der Waals surface area contributed by atoms with Gasteiger partial charge in [0.05, 0.1) is 26.1 Å². The lowest BCUT2D eigenvalue weighted by molar-refractivity contribution is -0.157. The molecule has 1 unspecified atom stereocenters. The quantitative estimate of drug-likeness (QED) is 0.0184. The summed E-state index contributed by atoms with van der Waals surface area (Å²) < 4.78 is 5.55. The summed E-state index contributed by atoms with van der Waals surface area (Å²) in [5.74, 6) is -13.1. The lowest BCUT2D eigenvalue weighted by Crippen LogP contribution is -2.62. The van der Waals surface area contributed by atoms with Crippen LogP contribution >= 0.6 is 0 Å². The lowest BCUT2D eigenvalue weighted by atomic mass is 9.97. The third kappa shape index (κ3) is 25.4. The van der Waals surface area contributed by atoms with Crippen molar-refractivity contribution in [2.24, 2.45) is 29.0 Å². The van der Waals surface area contributed by atoms with E-state index in [1.54, 1.807) is 74.8 Å². The Kier molecular flexibility index (Phi) is 32.8. The predicted molar refractivity (Wildman–Crippen MR) is 388 cm³/mol. The van der Waals surface area contributed by atoms with E-state index in [-0.39, 0.29) is 76.1 Å². The Morgan fingerprint density at radius 2 is 1.09 bits per heavy atom. The van der Waals surface area contributed by atoms with Crippen molar-refractivity contribution in [2.45, 2.75) is 185 Å². The van der Waals surface area contributed by atoms with Crippen molar-refractivity contribution in [1.29, 1.82) is 0 Å². The smallest absolute Gasteiger partial charge is 0.331 e. The number of aromatic nitrogens is 2. The number of para-hydroxylation sites is 2. The number of carbonyl (C=O) groups excluding carboxylic acids is 14. The summed E-state index contributed by atoms with van der Waals surface area (Å²) in [6.45, 7) is 7.62. The molecule has 0 aliphatic carbocycles. The standard InChI is InChI=1S/C72H101N17O17/c1-7-38(3)21-26-58(93)82-55(32-57(75)92)68(101)85-52(29-42-22-24-45(91)25-23-42)66(99)87-53(30-43-33-76-48-17-11-9-15-46(43)48)67(100)84-51(20-14-28-74)64(97)80-40(5)63(96)78-35-59(94)81-50(19-13-27-73)65(98)86-54(31-44-34-77-49-18-12-10-16-47(44)49)69(102)89-62-41(6)106-72(105)56(37-90)83-60(95)36-79-70(103)61(39(4)8-2)88-71(62)104/h9-12,15-18,22-25,33-34,38-41,50-56,61-62,76-77,90-91H,7-8,13-14,19-21,26-32,35-37,73-74H2,1-6H3,(H2,75,92)(H,78,96)(H,79,103)(H,80,97)(H,81,94)(H,82,93)(H,83,95)(H,84,100)(H,85,101)(H,86,98)(H,87,99)(H,88,104)(H,89,102)/t38?,39-,40-,41+,50+,51+,52+,53+,54-,55+,56-,61-,62-/m0/s1. The minimum atomic E-state index is -1.78. The summed E-state index contributed by atoms with van der Waals surface area (Å²) in [7, 11) is 0. The first kappa shape index (κ1) is 83.9. The molecule has 106 heavy (non-hydrogen) atoms. The number of benzene rings is 3. The molecule has 0 spiro atoms. The highest BCUT2D eigenvalue weighted by Gasteiger charge is 2.40. The average molecular weight is 1480 g/mol. The van der Waals surface area contributed by atoms with Crippen LogP contribution in [0.25, 0.3) is 21.8 Å². The third-order valence-corrected chi connectivity index (χ3v) is 18.3. The molecule has 13 atom stereocenters. The second-order valence-electron chi connectivity index (χ2n) is 26.5. The molecule has 0 saturated carbocycles. The van der Waals surface area contributed by atoms with E-state index in [4.69, 9.17) is 21.9 Å². The molecule has 1 aliphatic rings. The number of fused-ring (bicyclic) bond motifs is 2. The number of rotatable bonds is 38. The highest BCUT2D eigenvalue weighted by molar-refractivity contribution is 6.00. The van der Waals surface area contributed by atoms with E-state index in [0.29, 0.717) is 51.3 Å². The SMILES string of the molecule is CCC(C)CCC(=O)N[C@H](CC(N)=O)C(=O)N[C@H](Cc1ccc(O)cc1)C(=O)N[C@H](Cc1c[nH]c2ccccc12)C(=O)N[C@H](CCCN)C(=O)N[C@@H](C)C(=O)NCC(=O)N[C@H](CCCN)C(=O)N[C@@H](Cc1c[nH]c2ccccc12)C(=O)N[C@@H]1C(=O)N[C@@H]([C@@H](C)CC)C(=O)NCC(=O)N[C@@H](CO)C(=O)O[C@@H]1C. The van der Waals surface area contributed by atoms with Crippen molar-refractivity contribution in [3.05, 3.63) is 102 Å². The fourth-order valence-electron chi connectivity index (χ4n) is 11.6. The van der Waals surface area contributed by atoms with Crippen molar-refractivity contribution in [3.8, 4) is 5.75 Å². The molecule has 5 aromatic rings. The summed E-state index contributed by atoms with van der Waals surface area (Å²) in [5, 5.41) is 52.1. The Balaban J connectivity index is 1.18. The van der Waals surface area contributed by atoms with Gasteiger partial charge in [-0.2, -0.15) is 0 Å². The number of hydrogen-bond donors (Lipinski definition) is 19. The molecule has 34 heteroatoms. The summed E-state index contributed by atoms with van der Waals surface area (Å²) in [6.07, 6.45) is 2.19. The van der Waals surface area contributed by atoms with Crippen LogP contribution in [-0.4, -0.2) is 202 Å². The van der Waals surface area contributed by atoms with Gasteiger partial charge >= 0.3 is 5.97 Å². The maximum Gasteiger partial charge on any atom is 0.331 e. The minimum absolute atomic E-state index is 0.0321. The zero-order valence-corrected chi connectivity index (χ0v) is 60.4. The molecule has 1 aliphatic heterocycles. The Hall–Kier alpha value is -11.0. The number of aliphatic hydroxyl groups is 1. The molecule has 3 heterocycles. The fourth-order valence-corrected chi connectivity index (χ4v) is 11.6. The Bertz CT molecular complexity index is 3900. The number of nitrogens with one attached hydrogen (secondary N) is 14. The van der Waals surface area contributed by atoms with Crippen LogP contribution in [0.4, 0.5) is 0 Å². The molecule has 0 radical (unpaired) electrons. The van der Waals surface area contributed by atoms with Crippen LogP contribution in [0.1, 0.15) is 116 Å². The largest absolute Gasteiger partial charge is 0.508 e. The molecule has 34 nitrogen and oxygen atoms in total. The van der Waals surface area contributed by atoms with E-state index in [0.717, 1.165) is 6.42 Å². The third-order valence-electron chi connectivity index (χ3n) is 18.3. The molecule has 3 aromatic carbocycles. The number of amides is 13. The molecule has 13 amide bonds. The minimum Gasteiger partial charge on any atom is -0.508 e. The number of phenolic OH excluding ortho intramolecular Hbond substituents is 1. The van der Waals surface area contributed by atoms with Gasteiger partial charge in [-0.05, 0) is 112 Å². The van der Waals surface area contributed by atoms with Gasteiger partial charge < -0.3 is 106 Å². The van der Waals surface area contributed by atoms with Crippen LogP contribution < -0.4 is 81.0 Å². The zero-order chi connectivity index (χ0) is 77.7. The Morgan fingerprint density at radius 1 is 0.585 bits per heavy atom. The van der Waals surface area contributed by atoms with Gasteiger partial charge in [-0.15, -0.1) is 0 Å². The lowest BCUT2D eigenvalue weighted by Gasteiger charge is -2.30. The Labute approximate surface area is 612 Å². The summed E-state index contributed by atoms with van der Waals surface area (Å²) in [4.78, 5) is 201. The molecular formula is C72H101N17O17. The number of H-pyrrole nitrogens is 2. The number of cyclic esters (lactones) is 1. The second kappa shape index (κ2) is 41.5. The monoisotopic (exact) mass is 1480 g/mol. The maximum atomic E-state index is 14.8. The van der Waals surface area contributed by atoms with Crippen LogP contribution in [0.5, 0.6) is 5.75 Å². The molecule has 0 bridgehead atoms. The number of aromatic hydroxyl groups is 1. The van der Waals surface area contributed by atoms with Gasteiger partial charge in [0, 0.05) is 59.9 Å². The van der Waals surface area contributed by atoms with E-state index < -0.39 is 181 Å². The number of ether oxygens (including phenoxy) is 1. The number of aliphatic hydroxyl groups excluding tert-OH is 1. The number of esters is 1. The summed E-state index contributed by atoms with van der Waals surface area (Å²) in [5.41, 5.74) is 20.2. The van der Waals surface area contributed by atoms with Crippen LogP contribution in [0.2, 0.25) is 0 Å². The van der Waals surface area contributed by atoms with Gasteiger partial charge in [-0.25, -0.2) is 4.79 Å². The summed E-state index contributed by atoms with van der Waals surface area (Å²) in [6, 6.07) is 4.88. The normalized spacial score (nSPS) is 18.2. The zero-order valence-electron chi connectivity index (χ0n) is 60.4. The number of nitrogens with two attached hydrogens (primary N) is 3. The molecule has 1 saturated heterocycles. The first-order valence-corrected chi connectivity index (χ1v) is 35.5. The van der Waals surface area contributed by atoms with E-state index in [1.807, 2.05) is 13.8 Å². The van der Waals surface area contributed by atoms with E-state index in [9.17, 15) is 77.3 Å². The van der Waals surface area contributed by atoms with Crippen molar-refractivity contribution in [1.82, 2.24) is 73.8 Å². The average Bonchev–Trinajstić information content (AvgIpc) is 1.57. The topological polar surface area (TPSA) is 543 Å². The molecule has 2 aromatic heterocycles. The molecular weight excluding hydrogens is 1370 g/mol. The first-order valence-electron chi connectivity index (χ1n) is 35.5. The van der Waals surface area contributed by atoms with Gasteiger partial charge in [0.15, 0.2) is 6.04 Å². The number of aromatic amines is 2. The van der Waals surface area contributed by atoms with Gasteiger partial charge in [0.25, 0.3) is 0 Å². The van der Waals surface area contributed by atoms with Crippen molar-refractivity contribution < 1.29 is 82.1 Å². The molecule has 22 N–H and O–H groups in total. The van der Waals surface area contributed by atoms with Crippen molar-refractivity contribution in [3.63, 3.8) is 0 Å². The Morgan fingerprint density at radius 3 is 1.64 bits per heavy atom. The highest BCUT2D eigenvalue weighted by atomic mass is 16.5. The van der Waals surface area contributed by atoms with Gasteiger partial charge in [-0.3, -0.25) is 62.3 Å². The molecule has 6 rings (SSSR count).